The van der Waals surface area contributed by atoms with Crippen LogP contribution in [0.2, 0.25) is 0 Å². The van der Waals surface area contributed by atoms with Gasteiger partial charge >= 0.3 is 0 Å². The zero-order valence-electron chi connectivity index (χ0n) is 25.2. The van der Waals surface area contributed by atoms with Crippen molar-refractivity contribution in [1.82, 2.24) is 0 Å². The maximum absolute atomic E-state index is 10.1. The molecular formula is C26H53AcNO17Y-2. The van der Waals surface area contributed by atoms with Crippen LogP contribution < -0.4 is 0 Å². The zero-order valence-corrected chi connectivity index (χ0v) is 32.8. The molecule has 0 saturated carbocycles. The summed E-state index contributed by atoms with van der Waals surface area (Å²) in [6.45, 7) is 2.46. The summed E-state index contributed by atoms with van der Waals surface area (Å²) in [5.74, 6) is -1.70. The summed E-state index contributed by atoms with van der Waals surface area (Å²) in [6, 6.07) is -0.539. The van der Waals surface area contributed by atoms with Crippen LogP contribution in [0.15, 0.2) is 0 Å². The number of rotatable bonds is 5. The summed E-state index contributed by atoms with van der Waals surface area (Å²) in [7, 11) is 0. The van der Waals surface area contributed by atoms with Gasteiger partial charge in [-0.1, -0.05) is 20.1 Å². The molecule has 4 fully saturated rings. The van der Waals surface area contributed by atoms with Crippen molar-refractivity contribution in [2.45, 2.75) is 119 Å². The number of ether oxygens (including phenoxy) is 5. The molecule has 20 heteroatoms. The smallest absolute Gasteiger partial charge is 0.195 e. The molecule has 0 aromatic rings. The van der Waals surface area contributed by atoms with Crippen LogP contribution in [-0.4, -0.2) is 192 Å². The van der Waals surface area contributed by atoms with Crippen LogP contribution in [0.25, 0.3) is 5.73 Å². The molecule has 0 aliphatic carbocycles. The van der Waals surface area contributed by atoms with Gasteiger partial charge in [0.15, 0.2) is 5.79 Å². The summed E-state index contributed by atoms with van der Waals surface area (Å²) >= 11 is 0. The van der Waals surface area contributed by atoms with E-state index < -0.39 is 91.7 Å². The Balaban J connectivity index is -0.000000651. The summed E-state index contributed by atoms with van der Waals surface area (Å²) in [6.07, 6.45) is -11.4. The van der Waals surface area contributed by atoms with E-state index in [2.05, 4.69) is 0 Å². The quantitative estimate of drug-likeness (QED) is 0.115. The van der Waals surface area contributed by atoms with Gasteiger partial charge in [0, 0.05) is 95.9 Å². The van der Waals surface area contributed by atoms with Gasteiger partial charge in [0.05, 0.1) is 44.7 Å². The fourth-order valence-electron chi connectivity index (χ4n) is 4.68. The molecule has 46 heavy (non-hydrogen) atoms. The fraction of sp³-hybridized carbons (Fsp3) is 0.962. The Hall–Kier alpha value is 1.83. The average Bonchev–Trinajstić information content (AvgIpc) is 2.97. The maximum atomic E-state index is 10.1. The van der Waals surface area contributed by atoms with Crippen LogP contribution in [0.5, 0.6) is 0 Å². The Kier molecular flexibility index (Phi) is 28.3. The molecule has 0 bridgehead atoms. The molecule has 2 radical (unpaired) electrons. The molecule has 0 amide bonds. The van der Waals surface area contributed by atoms with Crippen molar-refractivity contribution < 1.29 is 162 Å². The van der Waals surface area contributed by atoms with Crippen molar-refractivity contribution in [2.75, 3.05) is 39.6 Å². The molecule has 272 valence electrons. The summed E-state index contributed by atoms with van der Waals surface area (Å²) in [4.78, 5) is 0. The Bertz CT molecular complexity index is 786. The standard InChI is InChI=1S/C13H24O9.C6H12NO3.C6H11O4.CH4.Ac.H2O.Y/c1-5-8(15)11(18)12(19)13(2,21-5)22-7-4-20-6(3-14)9(16)10(7)17;7-5-3-10-4(2-8)1-6(5)9;7-3-5-6(9)4(8)1-2-10-5;;;;/h5-12,14-19H,3-4H2,1-2H3;4-9H,1-3H2;1,4-9H,2-3H2;1H4;;1H2;/q;2*-1;;;;/t5?,6?,7?,8-,9-,10?,11?,12?,13?;;4?,5?,6-;;;;/m0.1..../s1. The first-order valence-electron chi connectivity index (χ1n) is 13.7. The van der Waals surface area contributed by atoms with E-state index in [0.717, 1.165) is 0 Å². The minimum Gasteiger partial charge on any atom is -0.671 e. The molecule has 12 unspecified atom stereocenters. The van der Waals surface area contributed by atoms with Crippen LogP contribution in [0.1, 0.15) is 27.7 Å². The van der Waals surface area contributed by atoms with Gasteiger partial charge in [0.25, 0.3) is 0 Å². The third-order valence-electron chi connectivity index (χ3n) is 7.51. The van der Waals surface area contributed by atoms with Gasteiger partial charge in [0.1, 0.15) is 48.8 Å². The maximum Gasteiger partial charge on any atom is 0.195 e. The van der Waals surface area contributed by atoms with Gasteiger partial charge in [-0.15, -0.1) is 0 Å². The molecule has 0 aromatic heterocycles. The third kappa shape index (κ3) is 14.5. The third-order valence-corrected chi connectivity index (χ3v) is 7.51. The van der Waals surface area contributed by atoms with Crippen LogP contribution in [-0.2, 0) is 56.4 Å². The molecule has 14 N–H and O–H groups in total. The van der Waals surface area contributed by atoms with E-state index in [-0.39, 0.29) is 129 Å². The Morgan fingerprint density at radius 3 is 1.87 bits per heavy atom. The number of hydrogen-bond donors (Lipinski definition) is 11. The predicted octanol–water partition coefficient (Wildman–Crippen LogP) is -5.64. The monoisotopic (exact) mass is 967 g/mol. The summed E-state index contributed by atoms with van der Waals surface area (Å²) in [5, 5.41) is 103. The van der Waals surface area contributed by atoms with E-state index in [9.17, 15) is 25.5 Å². The molecule has 4 heterocycles. The first kappa shape index (κ1) is 52.2. The predicted molar refractivity (Wildman–Crippen MR) is 150 cm³/mol. The number of hydrogen-bond acceptors (Lipinski definition) is 16. The molecule has 4 saturated heterocycles. The minimum atomic E-state index is -1.70. The molecule has 4 rings (SSSR count). The number of nitrogens with one attached hydrogen (secondary N) is 1. The van der Waals surface area contributed by atoms with Crippen molar-refractivity contribution >= 4 is 0 Å². The molecule has 15 atom stereocenters. The zero-order chi connectivity index (χ0) is 31.8. The van der Waals surface area contributed by atoms with Gasteiger partial charge in [-0.05, 0) is 20.0 Å². The van der Waals surface area contributed by atoms with Crippen LogP contribution in [0.3, 0.4) is 0 Å². The van der Waals surface area contributed by atoms with Crippen molar-refractivity contribution in [2.24, 2.45) is 0 Å². The van der Waals surface area contributed by atoms with E-state index in [1.807, 2.05) is 0 Å². The SMILES string of the molecule is C.CC1OC(C)(OC2COC(CO)[C@H](O)C2O)C(O)C(O)[C@H]1O.O.OCC1OC[CH-]C(O)[C@H]1O.[Ac].[NH-]C1COC(CO)CC1O.[Y]. The van der Waals surface area contributed by atoms with E-state index in [4.69, 9.17) is 60.1 Å². The molecule has 4 aliphatic rings. The average molecular weight is 968 g/mol. The van der Waals surface area contributed by atoms with Crippen molar-refractivity contribution in [1.29, 1.82) is 0 Å². The first-order chi connectivity index (χ1) is 19.7. The summed E-state index contributed by atoms with van der Waals surface area (Å²) in [5.41, 5.74) is 7.19. The van der Waals surface area contributed by atoms with Crippen LogP contribution in [0.4, 0.5) is 0 Å². The van der Waals surface area contributed by atoms with Crippen molar-refractivity contribution in [3.63, 3.8) is 0 Å². The van der Waals surface area contributed by atoms with Gasteiger partial charge in [-0.3, -0.25) is 6.42 Å². The normalized spacial score (nSPS) is 43.7. The largest absolute Gasteiger partial charge is 0.671 e. The summed E-state index contributed by atoms with van der Waals surface area (Å²) < 4.78 is 26.1. The molecule has 4 aliphatic heterocycles. The molecule has 18 nitrogen and oxygen atoms in total. The Morgan fingerprint density at radius 1 is 0.804 bits per heavy atom. The Morgan fingerprint density at radius 2 is 1.37 bits per heavy atom. The number of aliphatic hydroxyl groups is 11. The molecular weight excluding hydrogens is 914 g/mol. The van der Waals surface area contributed by atoms with Crippen LogP contribution in [0, 0.1) is 50.5 Å². The van der Waals surface area contributed by atoms with E-state index in [0.29, 0.717) is 6.42 Å². The van der Waals surface area contributed by atoms with E-state index in [1.165, 1.54) is 20.3 Å². The second kappa shape index (κ2) is 24.9. The second-order valence-corrected chi connectivity index (χ2v) is 10.8. The topological polar surface area (TPSA) is 324 Å². The van der Waals surface area contributed by atoms with Gasteiger partial charge in [-0.2, -0.15) is 0 Å². The van der Waals surface area contributed by atoms with E-state index in [1.54, 1.807) is 0 Å². The minimum absolute atomic E-state index is 0. The fourth-order valence-corrected chi connectivity index (χ4v) is 4.68. The van der Waals surface area contributed by atoms with Gasteiger partial charge in [0.2, 0.25) is 0 Å². The van der Waals surface area contributed by atoms with Gasteiger partial charge < -0.3 is 91.1 Å². The van der Waals surface area contributed by atoms with Crippen molar-refractivity contribution in [3.8, 4) is 0 Å². The van der Waals surface area contributed by atoms with Crippen molar-refractivity contribution in [3.05, 3.63) is 12.2 Å². The molecule has 0 spiro atoms. The van der Waals surface area contributed by atoms with E-state index >= 15 is 0 Å². The number of aliphatic hydroxyl groups excluding tert-OH is 11. The first-order valence-corrected chi connectivity index (χ1v) is 13.7. The Labute approximate surface area is 329 Å². The van der Waals surface area contributed by atoms with Crippen LogP contribution >= 0.6 is 0 Å². The molecule has 0 aromatic carbocycles. The second-order valence-electron chi connectivity index (χ2n) is 10.8. The van der Waals surface area contributed by atoms with Gasteiger partial charge in [-0.25, -0.2) is 0 Å².